The highest BCUT2D eigenvalue weighted by atomic mass is 32.2. The first-order chi connectivity index (χ1) is 22.0. The van der Waals surface area contributed by atoms with Crippen molar-refractivity contribution >= 4 is 44.6 Å². The largest absolute Gasteiger partial charge is 0.455 e. The molecule has 1 amide bonds. The van der Waals surface area contributed by atoms with E-state index >= 15 is 0 Å². The SMILES string of the molecule is CNC(=O)c1c(-c2ccc(F)cc2)oc2cc(N(C)S(C)=O)c(-c3ccc4nc(C)n(Cc5ccc(F)cc5F)c(=O)c4n3)cc12.O. The second kappa shape index (κ2) is 12.8. The number of fused-ring (bicyclic) bond motifs is 2. The van der Waals surface area contributed by atoms with E-state index in [-0.39, 0.29) is 34.4 Å². The maximum atomic E-state index is 14.5. The van der Waals surface area contributed by atoms with Gasteiger partial charge in [-0.15, -0.1) is 0 Å². The van der Waals surface area contributed by atoms with Gasteiger partial charge in [-0.3, -0.25) is 18.5 Å². The van der Waals surface area contributed by atoms with Crippen LogP contribution in [-0.2, 0) is 17.5 Å². The van der Waals surface area contributed by atoms with E-state index in [0.29, 0.717) is 44.8 Å². The molecule has 3 aromatic carbocycles. The Kier molecular flexibility index (Phi) is 9.00. The van der Waals surface area contributed by atoms with Gasteiger partial charge in [-0.25, -0.2) is 27.3 Å². The van der Waals surface area contributed by atoms with Gasteiger partial charge in [0.1, 0.15) is 45.6 Å². The van der Waals surface area contributed by atoms with Crippen LogP contribution < -0.4 is 15.2 Å². The van der Waals surface area contributed by atoms with Crippen molar-refractivity contribution in [2.24, 2.45) is 0 Å². The van der Waals surface area contributed by atoms with E-state index in [1.54, 1.807) is 38.2 Å². The van der Waals surface area contributed by atoms with E-state index in [1.165, 1.54) is 52.5 Å². The predicted octanol–water partition coefficient (Wildman–Crippen LogP) is 4.91. The van der Waals surface area contributed by atoms with Crippen molar-refractivity contribution in [1.29, 1.82) is 0 Å². The zero-order valence-corrected chi connectivity index (χ0v) is 26.3. The highest BCUT2D eigenvalue weighted by Crippen LogP contribution is 2.40. The summed E-state index contributed by atoms with van der Waals surface area (Å²) in [5.41, 5.74) is 1.96. The van der Waals surface area contributed by atoms with Crippen molar-refractivity contribution in [2.75, 3.05) is 24.7 Å². The highest BCUT2D eigenvalue weighted by Gasteiger charge is 2.25. The minimum absolute atomic E-state index is 0. The summed E-state index contributed by atoms with van der Waals surface area (Å²) in [6.07, 6.45) is 1.49. The number of aromatic nitrogens is 3. The first kappa shape index (κ1) is 33.0. The Morgan fingerprint density at radius 1 is 1.00 bits per heavy atom. The van der Waals surface area contributed by atoms with Gasteiger partial charge in [0, 0.05) is 54.6 Å². The van der Waals surface area contributed by atoms with Gasteiger partial charge in [-0.2, -0.15) is 0 Å². The van der Waals surface area contributed by atoms with Crippen LogP contribution in [0.5, 0.6) is 0 Å². The lowest BCUT2D eigenvalue weighted by Gasteiger charge is -2.20. The fraction of sp³-hybridized carbons (Fsp3) is 0.152. The van der Waals surface area contributed by atoms with Gasteiger partial charge in [-0.1, -0.05) is 6.07 Å². The molecule has 6 aromatic rings. The number of rotatable bonds is 7. The number of amides is 1. The Morgan fingerprint density at radius 3 is 2.36 bits per heavy atom. The number of hydrogen-bond acceptors (Lipinski definition) is 6. The lowest BCUT2D eigenvalue weighted by atomic mass is 10.0. The summed E-state index contributed by atoms with van der Waals surface area (Å²) < 4.78 is 63.3. The molecule has 3 N–H and O–H groups in total. The molecular weight excluding hydrogens is 635 g/mol. The summed E-state index contributed by atoms with van der Waals surface area (Å²) in [6.45, 7) is 1.41. The normalized spacial score (nSPS) is 11.8. The zero-order chi connectivity index (χ0) is 32.9. The molecule has 0 bridgehead atoms. The van der Waals surface area contributed by atoms with Gasteiger partial charge in [0.05, 0.1) is 29.0 Å². The van der Waals surface area contributed by atoms with Crippen LogP contribution in [0.3, 0.4) is 0 Å². The third-order valence-corrected chi connectivity index (χ3v) is 8.67. The van der Waals surface area contributed by atoms with Gasteiger partial charge >= 0.3 is 0 Å². The summed E-state index contributed by atoms with van der Waals surface area (Å²) in [7, 11) is 1.59. The van der Waals surface area contributed by atoms with Gasteiger partial charge in [0.25, 0.3) is 11.5 Å². The molecule has 1 unspecified atom stereocenters. The molecule has 3 heterocycles. The second-order valence-electron chi connectivity index (χ2n) is 10.5. The van der Waals surface area contributed by atoms with E-state index < -0.39 is 39.9 Å². The molecule has 0 aliphatic heterocycles. The number of benzene rings is 3. The minimum atomic E-state index is -1.50. The van der Waals surface area contributed by atoms with Crippen LogP contribution in [-0.4, -0.2) is 50.5 Å². The molecular formula is C33H28F3N5O5S. The van der Waals surface area contributed by atoms with Gasteiger partial charge in [0.2, 0.25) is 0 Å². The molecule has 0 spiro atoms. The van der Waals surface area contributed by atoms with Gasteiger partial charge < -0.3 is 15.2 Å². The monoisotopic (exact) mass is 663 g/mol. The minimum Gasteiger partial charge on any atom is -0.455 e. The maximum absolute atomic E-state index is 14.5. The summed E-state index contributed by atoms with van der Waals surface area (Å²) in [6, 6.07) is 15.2. The first-order valence-corrected chi connectivity index (χ1v) is 15.5. The van der Waals surface area contributed by atoms with Crippen molar-refractivity contribution in [3.05, 3.63) is 111 Å². The number of carbonyl (C=O) groups is 1. The predicted molar refractivity (Wildman–Crippen MR) is 174 cm³/mol. The average Bonchev–Trinajstić information content (AvgIpc) is 3.41. The van der Waals surface area contributed by atoms with Crippen molar-refractivity contribution in [2.45, 2.75) is 13.5 Å². The first-order valence-electron chi connectivity index (χ1n) is 13.9. The van der Waals surface area contributed by atoms with Crippen molar-refractivity contribution in [3.63, 3.8) is 0 Å². The maximum Gasteiger partial charge on any atom is 0.280 e. The molecule has 242 valence electrons. The van der Waals surface area contributed by atoms with Crippen molar-refractivity contribution in [3.8, 4) is 22.6 Å². The van der Waals surface area contributed by atoms with E-state index in [0.717, 1.165) is 12.1 Å². The molecule has 0 aliphatic carbocycles. The van der Waals surface area contributed by atoms with E-state index in [4.69, 9.17) is 4.42 Å². The number of halogens is 3. The fourth-order valence-corrected chi connectivity index (χ4v) is 5.68. The smallest absolute Gasteiger partial charge is 0.280 e. The molecule has 1 atom stereocenters. The van der Waals surface area contributed by atoms with E-state index in [9.17, 15) is 27.0 Å². The van der Waals surface area contributed by atoms with Crippen LogP contribution in [0, 0.1) is 24.4 Å². The van der Waals surface area contributed by atoms with E-state index in [2.05, 4.69) is 15.3 Å². The molecule has 47 heavy (non-hydrogen) atoms. The fourth-order valence-electron chi connectivity index (χ4n) is 5.26. The summed E-state index contributed by atoms with van der Waals surface area (Å²) in [5, 5.41) is 3.02. The molecule has 0 saturated heterocycles. The van der Waals surface area contributed by atoms with Gasteiger partial charge in [-0.05, 0) is 55.5 Å². The number of carbonyl (C=O) groups excluding carboxylic acids is 1. The molecule has 14 heteroatoms. The van der Waals surface area contributed by atoms with Crippen LogP contribution in [0.2, 0.25) is 0 Å². The van der Waals surface area contributed by atoms with E-state index in [1.807, 2.05) is 0 Å². The Morgan fingerprint density at radius 2 is 1.70 bits per heavy atom. The lowest BCUT2D eigenvalue weighted by molar-refractivity contribution is 0.0964. The number of furan rings is 1. The van der Waals surface area contributed by atoms with Crippen LogP contribution in [0.1, 0.15) is 21.7 Å². The Bertz CT molecular complexity index is 2270. The van der Waals surface area contributed by atoms with Crippen LogP contribution in [0.25, 0.3) is 44.6 Å². The third kappa shape index (κ3) is 6.00. The number of nitrogens with one attached hydrogen (secondary N) is 1. The molecule has 0 fully saturated rings. The molecule has 0 radical (unpaired) electrons. The second-order valence-corrected chi connectivity index (χ2v) is 11.9. The number of hydrogen-bond donors (Lipinski definition) is 1. The molecule has 6 rings (SSSR count). The topological polar surface area (TPSA) is 142 Å². The van der Waals surface area contributed by atoms with Crippen molar-refractivity contribution in [1.82, 2.24) is 19.9 Å². The molecule has 0 saturated carbocycles. The average molecular weight is 664 g/mol. The third-order valence-electron chi connectivity index (χ3n) is 7.71. The number of nitrogens with zero attached hydrogens (tertiary/aromatic N) is 4. The zero-order valence-electron chi connectivity index (χ0n) is 25.5. The molecule has 0 aliphatic rings. The van der Waals surface area contributed by atoms with Crippen LogP contribution in [0.4, 0.5) is 18.9 Å². The standard InChI is InChI=1S/C33H26F3N5O4S.H2O/c1-17-38-26-12-11-25(39-30(26)33(43)41(17)16-19-7-10-21(35)13-24(19)36)22-14-23-28(15-27(22)40(3)46(4)44)45-31(29(23)32(42)37-2)18-5-8-20(34)9-6-18;/h5-15H,16H2,1-4H3,(H,37,42);1H2. The summed E-state index contributed by atoms with van der Waals surface area (Å²) >= 11 is 0. The summed E-state index contributed by atoms with van der Waals surface area (Å²) in [5.74, 6) is -1.92. The number of aryl methyl sites for hydroxylation is 1. The molecule has 3 aromatic heterocycles. The highest BCUT2D eigenvalue weighted by molar-refractivity contribution is 7.85. The van der Waals surface area contributed by atoms with Crippen LogP contribution in [0.15, 0.2) is 75.9 Å². The summed E-state index contributed by atoms with van der Waals surface area (Å²) in [4.78, 5) is 36.1. The number of pyridine rings is 1. The molecule has 10 nitrogen and oxygen atoms in total. The Hall–Kier alpha value is -5.34. The lowest BCUT2D eigenvalue weighted by Crippen LogP contribution is -2.25. The Labute approximate surface area is 268 Å². The van der Waals surface area contributed by atoms with Crippen LogP contribution >= 0.6 is 0 Å². The number of anilines is 1. The van der Waals surface area contributed by atoms with Gasteiger partial charge in [0.15, 0.2) is 5.52 Å². The quantitative estimate of drug-likeness (QED) is 0.257. The van der Waals surface area contributed by atoms with Crippen molar-refractivity contribution < 1.29 is 32.1 Å². The Balaban J connectivity index is 0.00000433.